The lowest BCUT2D eigenvalue weighted by atomic mass is 10.2. The van der Waals surface area contributed by atoms with E-state index in [1.54, 1.807) is 0 Å². The quantitative estimate of drug-likeness (QED) is 0.736. The largest absolute Gasteiger partial charge is 0.163 e. The summed E-state index contributed by atoms with van der Waals surface area (Å²) in [4.78, 5) is 0. The average Bonchev–Trinajstić information content (AvgIpc) is 2.69. The minimum atomic E-state index is 0.858. The SMILES string of the molecule is c1ccc(CSn2ncnn2)cc1. The molecule has 0 aliphatic heterocycles. The summed E-state index contributed by atoms with van der Waals surface area (Å²) in [7, 11) is 0. The van der Waals surface area contributed by atoms with Crippen LogP contribution in [0.1, 0.15) is 5.56 Å². The molecule has 0 spiro atoms. The van der Waals surface area contributed by atoms with Crippen LogP contribution in [0.25, 0.3) is 0 Å². The van der Waals surface area contributed by atoms with Crippen LogP contribution in [0.5, 0.6) is 0 Å². The molecule has 0 N–H and O–H groups in total. The number of nitrogens with zero attached hydrogens (tertiary/aromatic N) is 4. The van der Waals surface area contributed by atoms with Gasteiger partial charge < -0.3 is 0 Å². The fourth-order valence-corrected chi connectivity index (χ4v) is 1.58. The summed E-state index contributed by atoms with van der Waals surface area (Å²) in [5.74, 6) is 0.858. The van der Waals surface area contributed by atoms with Crippen molar-refractivity contribution >= 4 is 11.9 Å². The summed E-state index contributed by atoms with van der Waals surface area (Å²) in [6.45, 7) is 0. The van der Waals surface area contributed by atoms with Crippen LogP contribution in [-0.2, 0) is 5.75 Å². The zero-order chi connectivity index (χ0) is 8.93. The Morgan fingerprint density at radius 2 is 2.08 bits per heavy atom. The molecule has 0 unspecified atom stereocenters. The van der Waals surface area contributed by atoms with Crippen molar-refractivity contribution in [2.24, 2.45) is 0 Å². The molecular formula is C8H8N4S. The molecule has 0 radical (unpaired) electrons. The molecule has 0 aliphatic rings. The Labute approximate surface area is 80.1 Å². The molecule has 0 saturated heterocycles. The zero-order valence-corrected chi connectivity index (χ0v) is 7.68. The van der Waals surface area contributed by atoms with Crippen LogP contribution in [-0.4, -0.2) is 19.6 Å². The third-order valence-electron chi connectivity index (χ3n) is 1.52. The smallest absolute Gasteiger partial charge is 0.129 e. The molecule has 0 fully saturated rings. The molecule has 2 rings (SSSR count). The van der Waals surface area contributed by atoms with Crippen molar-refractivity contribution in [3.63, 3.8) is 0 Å². The molecular weight excluding hydrogens is 184 g/mol. The van der Waals surface area contributed by atoms with E-state index in [1.165, 1.54) is 28.0 Å². The van der Waals surface area contributed by atoms with Crippen molar-refractivity contribution in [1.82, 2.24) is 19.6 Å². The van der Waals surface area contributed by atoms with Crippen LogP contribution >= 0.6 is 11.9 Å². The van der Waals surface area contributed by atoms with Gasteiger partial charge in [0.2, 0.25) is 0 Å². The summed E-state index contributed by atoms with van der Waals surface area (Å²) in [6, 6.07) is 10.2. The predicted octanol–water partition coefficient (Wildman–Crippen LogP) is 1.37. The summed E-state index contributed by atoms with van der Waals surface area (Å²) < 4.78 is 1.51. The highest BCUT2D eigenvalue weighted by Gasteiger charge is 1.95. The van der Waals surface area contributed by atoms with Crippen molar-refractivity contribution in [2.45, 2.75) is 5.75 Å². The van der Waals surface area contributed by atoms with Crippen LogP contribution in [0.2, 0.25) is 0 Å². The predicted molar refractivity (Wildman–Crippen MR) is 51.0 cm³/mol. The number of rotatable bonds is 3. The zero-order valence-electron chi connectivity index (χ0n) is 6.87. The second-order valence-electron chi connectivity index (χ2n) is 2.45. The van der Waals surface area contributed by atoms with Gasteiger partial charge in [-0.25, -0.2) is 0 Å². The van der Waals surface area contributed by atoms with Crippen LogP contribution < -0.4 is 0 Å². The molecule has 2 aromatic rings. The molecule has 66 valence electrons. The van der Waals surface area contributed by atoms with E-state index >= 15 is 0 Å². The highest BCUT2D eigenvalue weighted by Crippen LogP contribution is 2.10. The van der Waals surface area contributed by atoms with Gasteiger partial charge in [0.15, 0.2) is 6.33 Å². The maximum Gasteiger partial charge on any atom is 0.163 e. The van der Waals surface area contributed by atoms with Crippen molar-refractivity contribution < 1.29 is 0 Å². The molecule has 0 aliphatic carbocycles. The van der Waals surface area contributed by atoms with E-state index in [2.05, 4.69) is 27.5 Å². The Bertz CT molecular complexity index is 346. The summed E-state index contributed by atoms with van der Waals surface area (Å²) in [5, 5.41) is 11.3. The second kappa shape index (κ2) is 4.04. The lowest BCUT2D eigenvalue weighted by Crippen LogP contribution is -1.93. The van der Waals surface area contributed by atoms with Crippen molar-refractivity contribution in [3.05, 3.63) is 42.2 Å². The first-order chi connectivity index (χ1) is 6.45. The number of hydrogen-bond acceptors (Lipinski definition) is 4. The summed E-state index contributed by atoms with van der Waals surface area (Å²) >= 11 is 1.51. The van der Waals surface area contributed by atoms with Gasteiger partial charge in [-0.05, 0) is 10.8 Å². The van der Waals surface area contributed by atoms with Gasteiger partial charge in [0.25, 0.3) is 0 Å². The first-order valence-electron chi connectivity index (χ1n) is 3.85. The maximum absolute atomic E-state index is 3.89. The lowest BCUT2D eigenvalue weighted by molar-refractivity contribution is 0.816. The Morgan fingerprint density at radius 3 is 2.77 bits per heavy atom. The molecule has 1 aromatic carbocycles. The fraction of sp³-hybridized carbons (Fsp3) is 0.125. The van der Waals surface area contributed by atoms with Gasteiger partial charge in [0, 0.05) is 17.7 Å². The Balaban J connectivity index is 1.94. The van der Waals surface area contributed by atoms with E-state index in [0.29, 0.717) is 0 Å². The van der Waals surface area contributed by atoms with E-state index in [-0.39, 0.29) is 0 Å². The van der Waals surface area contributed by atoms with Gasteiger partial charge in [-0.1, -0.05) is 30.3 Å². The molecule has 4 nitrogen and oxygen atoms in total. The summed E-state index contributed by atoms with van der Waals surface area (Å²) in [6.07, 6.45) is 1.43. The Morgan fingerprint density at radius 1 is 1.23 bits per heavy atom. The molecule has 5 heteroatoms. The van der Waals surface area contributed by atoms with E-state index in [4.69, 9.17) is 0 Å². The van der Waals surface area contributed by atoms with E-state index in [9.17, 15) is 0 Å². The highest BCUT2D eigenvalue weighted by atomic mass is 32.2. The third-order valence-corrected chi connectivity index (χ3v) is 2.38. The number of benzene rings is 1. The first-order valence-corrected chi connectivity index (χ1v) is 4.79. The normalized spacial score (nSPS) is 10.2. The van der Waals surface area contributed by atoms with E-state index in [1.807, 2.05) is 18.2 Å². The fourth-order valence-electron chi connectivity index (χ4n) is 0.923. The molecule has 0 bridgehead atoms. The number of hydrogen-bond donors (Lipinski definition) is 0. The van der Waals surface area contributed by atoms with Gasteiger partial charge in [-0.2, -0.15) is 0 Å². The minimum absolute atomic E-state index is 0.858. The third kappa shape index (κ3) is 2.29. The minimum Gasteiger partial charge on any atom is -0.129 e. The van der Waals surface area contributed by atoms with Gasteiger partial charge >= 0.3 is 0 Å². The lowest BCUT2D eigenvalue weighted by Gasteiger charge is -1.97. The molecule has 13 heavy (non-hydrogen) atoms. The van der Waals surface area contributed by atoms with Crippen LogP contribution in [0.3, 0.4) is 0 Å². The van der Waals surface area contributed by atoms with Crippen molar-refractivity contribution in [1.29, 1.82) is 0 Å². The topological polar surface area (TPSA) is 43.6 Å². The van der Waals surface area contributed by atoms with E-state index in [0.717, 1.165) is 5.75 Å². The monoisotopic (exact) mass is 192 g/mol. The maximum atomic E-state index is 3.89. The van der Waals surface area contributed by atoms with Gasteiger partial charge in [-0.15, -0.1) is 14.4 Å². The van der Waals surface area contributed by atoms with Crippen LogP contribution in [0.4, 0.5) is 0 Å². The average molecular weight is 192 g/mol. The molecule has 1 heterocycles. The van der Waals surface area contributed by atoms with Gasteiger partial charge in [0.05, 0.1) is 0 Å². The standard InChI is InChI=1S/C8H8N4S/c1-2-4-8(5-3-1)6-13-12-10-7-9-11-12/h1-5,7H,6H2. The first kappa shape index (κ1) is 8.25. The number of tetrazole rings is 1. The van der Waals surface area contributed by atoms with Crippen LogP contribution in [0.15, 0.2) is 36.7 Å². The van der Waals surface area contributed by atoms with Crippen molar-refractivity contribution in [3.8, 4) is 0 Å². The van der Waals surface area contributed by atoms with E-state index < -0.39 is 0 Å². The molecule has 0 atom stereocenters. The van der Waals surface area contributed by atoms with Crippen molar-refractivity contribution in [2.75, 3.05) is 0 Å². The Hall–Kier alpha value is -1.36. The number of aromatic nitrogens is 4. The molecule has 1 aromatic heterocycles. The van der Waals surface area contributed by atoms with Gasteiger partial charge in [-0.3, -0.25) is 0 Å². The summed E-state index contributed by atoms with van der Waals surface area (Å²) in [5.41, 5.74) is 1.25. The molecule has 0 amide bonds. The second-order valence-corrected chi connectivity index (χ2v) is 3.32. The van der Waals surface area contributed by atoms with Crippen LogP contribution in [0, 0.1) is 0 Å². The van der Waals surface area contributed by atoms with Gasteiger partial charge in [0.1, 0.15) is 0 Å². The Kier molecular flexibility index (Phi) is 2.56. The molecule has 0 saturated carbocycles. The highest BCUT2D eigenvalue weighted by molar-refractivity contribution is 7.96.